The van der Waals surface area contributed by atoms with E-state index in [1.165, 1.54) is 11.1 Å². The van der Waals surface area contributed by atoms with Crippen molar-refractivity contribution in [1.82, 2.24) is 4.90 Å². The normalized spacial score (nSPS) is 15.2. The summed E-state index contributed by atoms with van der Waals surface area (Å²) < 4.78 is 0. The summed E-state index contributed by atoms with van der Waals surface area (Å²) in [4.78, 5) is 14.5. The fourth-order valence-corrected chi connectivity index (χ4v) is 2.59. The topological polar surface area (TPSA) is 20.3 Å². The Morgan fingerprint density at radius 2 is 1.57 bits per heavy atom. The van der Waals surface area contributed by atoms with E-state index in [1.54, 1.807) is 0 Å². The molecular weight excluding hydrogens is 258 g/mol. The molecule has 0 saturated carbocycles. The van der Waals surface area contributed by atoms with E-state index in [0.29, 0.717) is 0 Å². The Kier molecular flexibility index (Phi) is 5.25. The Bertz CT molecular complexity index is 503. The van der Waals surface area contributed by atoms with Crippen molar-refractivity contribution in [3.63, 3.8) is 0 Å². The largest absolute Gasteiger partial charge is 0.333 e. The van der Waals surface area contributed by atoms with Gasteiger partial charge in [-0.05, 0) is 49.8 Å². The molecule has 1 aliphatic rings. The molecule has 0 saturated heterocycles. The number of amides is 1. The lowest BCUT2D eigenvalue weighted by Crippen LogP contribution is -2.49. The molecule has 1 aromatic rings. The summed E-state index contributed by atoms with van der Waals surface area (Å²) >= 11 is 0. The summed E-state index contributed by atoms with van der Waals surface area (Å²) in [5.41, 5.74) is 3.44. The lowest BCUT2D eigenvalue weighted by atomic mass is 9.83. The predicted octanol–water partition coefficient (Wildman–Crippen LogP) is 4.81. The summed E-state index contributed by atoms with van der Waals surface area (Å²) in [5, 5.41) is 0. The molecule has 2 rings (SSSR count). The van der Waals surface area contributed by atoms with E-state index in [0.717, 1.165) is 18.5 Å². The van der Waals surface area contributed by atoms with Gasteiger partial charge in [0.1, 0.15) is 0 Å². The van der Waals surface area contributed by atoms with Crippen LogP contribution in [0.4, 0.5) is 0 Å². The molecule has 0 atom stereocenters. The summed E-state index contributed by atoms with van der Waals surface area (Å²) in [6.07, 6.45) is 0.961. The second kappa shape index (κ2) is 6.21. The minimum atomic E-state index is -0.0997. The molecule has 1 aromatic carbocycles. The van der Waals surface area contributed by atoms with E-state index in [-0.39, 0.29) is 16.9 Å². The highest BCUT2D eigenvalue weighted by molar-refractivity contribution is 5.97. The van der Waals surface area contributed by atoms with Gasteiger partial charge in [-0.25, -0.2) is 0 Å². The zero-order valence-corrected chi connectivity index (χ0v) is 15.0. The molecule has 2 heteroatoms. The number of hydrogen-bond acceptors (Lipinski definition) is 1. The maximum absolute atomic E-state index is 12.6. The van der Waals surface area contributed by atoms with Crippen molar-refractivity contribution in [2.45, 2.75) is 72.8 Å². The highest BCUT2D eigenvalue weighted by Gasteiger charge is 2.32. The van der Waals surface area contributed by atoms with Gasteiger partial charge in [-0.1, -0.05) is 46.8 Å². The zero-order chi connectivity index (χ0) is 16.4. The van der Waals surface area contributed by atoms with Crippen LogP contribution >= 0.6 is 0 Å². The molecule has 0 fully saturated rings. The van der Waals surface area contributed by atoms with Crippen LogP contribution in [0.5, 0.6) is 0 Å². The van der Waals surface area contributed by atoms with Crippen LogP contribution in [0.3, 0.4) is 0 Å². The van der Waals surface area contributed by atoms with Crippen molar-refractivity contribution in [2.24, 2.45) is 0 Å². The molecule has 118 valence electrons. The molecule has 1 aliphatic heterocycles. The molecule has 0 aromatic heterocycles. The van der Waals surface area contributed by atoms with Crippen LogP contribution in [0.1, 0.15) is 76.9 Å². The lowest BCUT2D eigenvalue weighted by molar-refractivity contribution is 0.0562. The van der Waals surface area contributed by atoms with Gasteiger partial charge in [0.05, 0.1) is 0 Å². The van der Waals surface area contributed by atoms with Crippen molar-refractivity contribution in [3.8, 4) is 0 Å². The first-order valence-corrected chi connectivity index (χ1v) is 8.06. The standard InChI is InChI=1S/C17H25NO.C2H6/c1-16(2,3)13-7-8-14-12(11-13)9-10-18(15(14)19)17(4,5)6;1-2/h7-8,11H,9-10H2,1-6H3;1-2H3. The van der Waals surface area contributed by atoms with Gasteiger partial charge >= 0.3 is 0 Å². The molecular formula is C19H31NO. The Balaban J connectivity index is 0.00000106. The highest BCUT2D eigenvalue weighted by Crippen LogP contribution is 2.29. The number of hydrogen-bond donors (Lipinski definition) is 0. The Labute approximate surface area is 130 Å². The van der Waals surface area contributed by atoms with Gasteiger partial charge < -0.3 is 4.90 Å². The third-order valence-corrected chi connectivity index (χ3v) is 3.86. The van der Waals surface area contributed by atoms with E-state index in [1.807, 2.05) is 24.8 Å². The van der Waals surface area contributed by atoms with Gasteiger partial charge in [0.2, 0.25) is 0 Å². The van der Waals surface area contributed by atoms with Crippen LogP contribution in [-0.4, -0.2) is 22.9 Å². The van der Waals surface area contributed by atoms with Gasteiger partial charge in [-0.2, -0.15) is 0 Å². The van der Waals surface area contributed by atoms with E-state index in [2.05, 4.69) is 53.7 Å². The van der Waals surface area contributed by atoms with Gasteiger partial charge in [-0.15, -0.1) is 0 Å². The van der Waals surface area contributed by atoms with Crippen LogP contribution in [0, 0.1) is 0 Å². The zero-order valence-electron chi connectivity index (χ0n) is 15.0. The SMILES string of the molecule is CC.CC(C)(C)c1ccc2c(c1)CCN(C(C)(C)C)C2=O. The molecule has 0 unspecified atom stereocenters. The summed E-state index contributed by atoms with van der Waals surface area (Å²) in [5.74, 6) is 0.175. The first kappa shape index (κ1) is 17.7. The Hall–Kier alpha value is -1.31. The van der Waals surface area contributed by atoms with Gasteiger partial charge in [-0.3, -0.25) is 4.79 Å². The predicted molar refractivity (Wildman–Crippen MR) is 91.0 cm³/mol. The minimum Gasteiger partial charge on any atom is -0.333 e. The van der Waals surface area contributed by atoms with Crippen LogP contribution in [-0.2, 0) is 11.8 Å². The fourth-order valence-electron chi connectivity index (χ4n) is 2.59. The summed E-state index contributed by atoms with van der Waals surface area (Å²) in [6, 6.07) is 6.33. The monoisotopic (exact) mass is 289 g/mol. The van der Waals surface area contributed by atoms with Crippen LogP contribution < -0.4 is 0 Å². The van der Waals surface area contributed by atoms with Crippen molar-refractivity contribution in [1.29, 1.82) is 0 Å². The minimum absolute atomic E-state index is 0.0997. The van der Waals surface area contributed by atoms with Gasteiger partial charge in [0.25, 0.3) is 5.91 Å². The fraction of sp³-hybridized carbons (Fsp3) is 0.632. The van der Waals surface area contributed by atoms with Crippen molar-refractivity contribution >= 4 is 5.91 Å². The second-order valence-corrected chi connectivity index (χ2v) is 7.50. The number of fused-ring (bicyclic) bond motifs is 1. The average molecular weight is 289 g/mol. The van der Waals surface area contributed by atoms with E-state index >= 15 is 0 Å². The highest BCUT2D eigenvalue weighted by atomic mass is 16.2. The first-order valence-electron chi connectivity index (χ1n) is 8.06. The molecule has 0 radical (unpaired) electrons. The Morgan fingerprint density at radius 1 is 1.00 bits per heavy atom. The van der Waals surface area contributed by atoms with Crippen LogP contribution in [0.15, 0.2) is 18.2 Å². The van der Waals surface area contributed by atoms with Crippen LogP contribution in [0.2, 0.25) is 0 Å². The number of carbonyl (C=O) groups is 1. The number of nitrogens with zero attached hydrogens (tertiary/aromatic N) is 1. The van der Waals surface area contributed by atoms with Crippen LogP contribution in [0.25, 0.3) is 0 Å². The van der Waals surface area contributed by atoms with Gasteiger partial charge in [0.15, 0.2) is 0 Å². The Morgan fingerprint density at radius 3 is 2.05 bits per heavy atom. The molecule has 21 heavy (non-hydrogen) atoms. The molecule has 0 spiro atoms. The third kappa shape index (κ3) is 3.87. The van der Waals surface area contributed by atoms with Crippen molar-refractivity contribution in [2.75, 3.05) is 6.54 Å². The summed E-state index contributed by atoms with van der Waals surface area (Å²) in [6.45, 7) is 17.7. The maximum Gasteiger partial charge on any atom is 0.254 e. The quantitative estimate of drug-likeness (QED) is 0.671. The third-order valence-electron chi connectivity index (χ3n) is 3.86. The van der Waals surface area contributed by atoms with E-state index < -0.39 is 0 Å². The average Bonchev–Trinajstić information content (AvgIpc) is 2.38. The molecule has 0 aliphatic carbocycles. The first-order chi connectivity index (χ1) is 9.60. The number of rotatable bonds is 0. The van der Waals surface area contributed by atoms with Gasteiger partial charge in [0, 0.05) is 17.6 Å². The second-order valence-electron chi connectivity index (χ2n) is 7.50. The number of carbonyl (C=O) groups excluding carboxylic acids is 1. The molecule has 1 amide bonds. The molecule has 0 N–H and O–H groups in total. The smallest absolute Gasteiger partial charge is 0.254 e. The lowest BCUT2D eigenvalue weighted by Gasteiger charge is -2.39. The molecule has 2 nitrogen and oxygen atoms in total. The molecule has 1 heterocycles. The maximum atomic E-state index is 12.6. The van der Waals surface area contributed by atoms with E-state index in [4.69, 9.17) is 0 Å². The number of benzene rings is 1. The van der Waals surface area contributed by atoms with Crippen molar-refractivity contribution < 1.29 is 4.79 Å². The summed E-state index contributed by atoms with van der Waals surface area (Å²) in [7, 11) is 0. The van der Waals surface area contributed by atoms with Crippen molar-refractivity contribution in [3.05, 3.63) is 34.9 Å². The molecule has 0 bridgehead atoms. The van der Waals surface area contributed by atoms with E-state index in [9.17, 15) is 4.79 Å².